The number of anilines is 1. The van der Waals surface area contributed by atoms with E-state index in [2.05, 4.69) is 26.2 Å². The lowest BCUT2D eigenvalue weighted by Crippen LogP contribution is -2.27. The van der Waals surface area contributed by atoms with Crippen molar-refractivity contribution in [1.29, 1.82) is 0 Å². The Morgan fingerprint density at radius 3 is 2.58 bits per heavy atom. The van der Waals surface area contributed by atoms with Gasteiger partial charge in [-0.3, -0.25) is 14.6 Å². The maximum absolute atomic E-state index is 11.9. The number of carbonyl (C=O) groups is 1. The van der Waals surface area contributed by atoms with Gasteiger partial charge in [0.2, 0.25) is 0 Å². The molecule has 0 spiro atoms. The lowest BCUT2D eigenvalue weighted by Gasteiger charge is -2.07. The largest absolute Gasteiger partial charge is 0.326 e. The highest BCUT2D eigenvalue weighted by atomic mass is 79.9. The molecule has 0 fully saturated rings. The first-order chi connectivity index (χ1) is 8.95. The Bertz CT molecular complexity index is 720. The number of aryl methyl sites for hydroxylation is 1. The first-order valence-electron chi connectivity index (χ1n) is 5.37. The van der Waals surface area contributed by atoms with Crippen LogP contribution in [0.15, 0.2) is 38.3 Å². The summed E-state index contributed by atoms with van der Waals surface area (Å²) in [4.78, 5) is 38.3. The summed E-state index contributed by atoms with van der Waals surface area (Å²) in [6.07, 6.45) is 0. The Balaban J connectivity index is 2.30. The van der Waals surface area contributed by atoms with E-state index in [1.807, 2.05) is 24.0 Å². The van der Waals surface area contributed by atoms with Crippen LogP contribution >= 0.6 is 15.9 Å². The van der Waals surface area contributed by atoms with Gasteiger partial charge in [0.05, 0.1) is 5.69 Å². The Kier molecular flexibility index (Phi) is 3.66. The van der Waals surface area contributed by atoms with Gasteiger partial charge in [-0.25, -0.2) is 4.79 Å². The summed E-state index contributed by atoms with van der Waals surface area (Å²) in [5, 5.41) is 2.60. The number of hydrogen-bond acceptors (Lipinski definition) is 3. The zero-order chi connectivity index (χ0) is 14.0. The summed E-state index contributed by atoms with van der Waals surface area (Å²) in [7, 11) is 0. The molecule has 1 aromatic carbocycles. The molecule has 6 nitrogen and oxygen atoms in total. The number of hydrogen-bond donors (Lipinski definition) is 3. The molecule has 0 unspecified atom stereocenters. The highest BCUT2D eigenvalue weighted by molar-refractivity contribution is 9.10. The van der Waals surface area contributed by atoms with Crippen LogP contribution in [0.3, 0.4) is 0 Å². The smallest absolute Gasteiger partial charge is 0.320 e. The van der Waals surface area contributed by atoms with Gasteiger partial charge in [0.15, 0.2) is 0 Å². The fourth-order valence-electron chi connectivity index (χ4n) is 1.50. The van der Waals surface area contributed by atoms with Crippen LogP contribution in [0.1, 0.15) is 16.1 Å². The minimum Gasteiger partial charge on any atom is -0.320 e. The number of nitrogens with one attached hydrogen (secondary N) is 3. The quantitative estimate of drug-likeness (QED) is 0.779. The molecule has 19 heavy (non-hydrogen) atoms. The SMILES string of the molecule is Cc1ccc(NC(=O)c2cc(=O)[nH]c(=O)[nH]2)c(Br)c1. The molecule has 0 bridgehead atoms. The summed E-state index contributed by atoms with van der Waals surface area (Å²) in [5.41, 5.74) is 0.143. The van der Waals surface area contributed by atoms with E-state index < -0.39 is 17.2 Å². The zero-order valence-electron chi connectivity index (χ0n) is 9.91. The van der Waals surface area contributed by atoms with Gasteiger partial charge in [-0.1, -0.05) is 6.07 Å². The summed E-state index contributed by atoms with van der Waals surface area (Å²) in [6.45, 7) is 1.92. The number of H-pyrrole nitrogens is 2. The molecule has 2 aromatic rings. The number of aromatic nitrogens is 2. The van der Waals surface area contributed by atoms with Crippen LogP contribution in [-0.2, 0) is 0 Å². The van der Waals surface area contributed by atoms with E-state index in [0.29, 0.717) is 10.2 Å². The van der Waals surface area contributed by atoms with Crippen molar-refractivity contribution in [3.63, 3.8) is 0 Å². The highest BCUT2D eigenvalue weighted by Gasteiger charge is 2.10. The molecule has 0 aliphatic heterocycles. The van der Waals surface area contributed by atoms with E-state index in [1.54, 1.807) is 6.07 Å². The van der Waals surface area contributed by atoms with Crippen LogP contribution in [-0.4, -0.2) is 15.9 Å². The van der Waals surface area contributed by atoms with Gasteiger partial charge >= 0.3 is 5.69 Å². The van der Waals surface area contributed by atoms with Crippen LogP contribution in [0.2, 0.25) is 0 Å². The number of rotatable bonds is 2. The van der Waals surface area contributed by atoms with Gasteiger partial charge in [-0.05, 0) is 40.5 Å². The molecule has 0 radical (unpaired) electrons. The van der Waals surface area contributed by atoms with Crippen LogP contribution in [0, 0.1) is 6.92 Å². The van der Waals surface area contributed by atoms with Crippen molar-refractivity contribution in [2.75, 3.05) is 5.32 Å². The maximum Gasteiger partial charge on any atom is 0.326 e. The number of aromatic amines is 2. The number of halogens is 1. The van der Waals surface area contributed by atoms with E-state index in [-0.39, 0.29) is 5.69 Å². The minimum absolute atomic E-state index is 0.0961. The first kappa shape index (κ1) is 13.3. The molecule has 0 saturated carbocycles. The van der Waals surface area contributed by atoms with E-state index in [4.69, 9.17) is 0 Å². The number of benzene rings is 1. The molecule has 0 atom stereocenters. The second-order valence-electron chi connectivity index (χ2n) is 3.94. The van der Waals surface area contributed by atoms with Gasteiger partial charge in [-0.2, -0.15) is 0 Å². The number of carbonyl (C=O) groups excluding carboxylic acids is 1. The Hall–Kier alpha value is -2.15. The molecular weight excluding hydrogens is 314 g/mol. The fourth-order valence-corrected chi connectivity index (χ4v) is 2.09. The summed E-state index contributed by atoms with van der Waals surface area (Å²) < 4.78 is 0.716. The normalized spacial score (nSPS) is 10.2. The average Bonchev–Trinajstić information content (AvgIpc) is 2.31. The average molecular weight is 324 g/mol. The predicted octanol–water partition coefficient (Wildman–Crippen LogP) is 1.39. The summed E-state index contributed by atoms with van der Waals surface area (Å²) in [6, 6.07) is 6.43. The van der Waals surface area contributed by atoms with Crippen molar-refractivity contribution in [1.82, 2.24) is 9.97 Å². The van der Waals surface area contributed by atoms with Crippen molar-refractivity contribution < 1.29 is 4.79 Å². The third-order valence-electron chi connectivity index (χ3n) is 2.38. The maximum atomic E-state index is 11.9. The van der Waals surface area contributed by atoms with Crippen molar-refractivity contribution in [2.24, 2.45) is 0 Å². The van der Waals surface area contributed by atoms with Crippen molar-refractivity contribution in [3.05, 3.63) is 60.8 Å². The lowest BCUT2D eigenvalue weighted by molar-refractivity contribution is 0.102. The lowest BCUT2D eigenvalue weighted by atomic mass is 10.2. The summed E-state index contributed by atoms with van der Waals surface area (Å²) >= 11 is 3.32. The number of amides is 1. The van der Waals surface area contributed by atoms with Gasteiger partial charge in [0.25, 0.3) is 11.5 Å². The van der Waals surface area contributed by atoms with Gasteiger partial charge in [0, 0.05) is 10.5 Å². The van der Waals surface area contributed by atoms with E-state index in [0.717, 1.165) is 11.6 Å². The van der Waals surface area contributed by atoms with Crippen LogP contribution in [0.4, 0.5) is 5.69 Å². The topological polar surface area (TPSA) is 94.8 Å². The molecule has 7 heteroatoms. The second kappa shape index (κ2) is 5.23. The second-order valence-corrected chi connectivity index (χ2v) is 4.79. The first-order valence-corrected chi connectivity index (χ1v) is 6.16. The van der Waals surface area contributed by atoms with Crippen LogP contribution in [0.5, 0.6) is 0 Å². The molecule has 1 amide bonds. The van der Waals surface area contributed by atoms with Crippen molar-refractivity contribution in [3.8, 4) is 0 Å². The van der Waals surface area contributed by atoms with E-state index in [9.17, 15) is 14.4 Å². The molecule has 0 aliphatic rings. The molecule has 3 N–H and O–H groups in total. The highest BCUT2D eigenvalue weighted by Crippen LogP contribution is 2.23. The molecule has 0 aliphatic carbocycles. The Labute approximate surface area is 116 Å². The van der Waals surface area contributed by atoms with Gasteiger partial charge in [0.1, 0.15) is 5.69 Å². The molecular formula is C12H10BrN3O3. The van der Waals surface area contributed by atoms with Gasteiger partial charge < -0.3 is 10.3 Å². The zero-order valence-corrected chi connectivity index (χ0v) is 11.5. The minimum atomic E-state index is -0.722. The van der Waals surface area contributed by atoms with Crippen molar-refractivity contribution >= 4 is 27.5 Å². The standard InChI is InChI=1S/C12H10BrN3O3/c1-6-2-3-8(7(13)4-6)14-11(18)9-5-10(17)16-12(19)15-9/h2-5H,1H3,(H,14,18)(H2,15,16,17,19). The van der Waals surface area contributed by atoms with Crippen molar-refractivity contribution in [2.45, 2.75) is 6.92 Å². The third-order valence-corrected chi connectivity index (χ3v) is 3.03. The molecule has 1 aromatic heterocycles. The van der Waals surface area contributed by atoms with Crippen LogP contribution in [0.25, 0.3) is 0 Å². The van der Waals surface area contributed by atoms with Crippen LogP contribution < -0.4 is 16.6 Å². The van der Waals surface area contributed by atoms with E-state index in [1.165, 1.54) is 0 Å². The monoisotopic (exact) mass is 323 g/mol. The molecule has 98 valence electrons. The Morgan fingerprint density at radius 2 is 1.95 bits per heavy atom. The van der Waals surface area contributed by atoms with Gasteiger partial charge in [-0.15, -0.1) is 0 Å². The predicted molar refractivity (Wildman–Crippen MR) is 74.5 cm³/mol. The third kappa shape index (κ3) is 3.19. The van der Waals surface area contributed by atoms with E-state index >= 15 is 0 Å². The fraction of sp³-hybridized carbons (Fsp3) is 0.0833. The molecule has 2 rings (SSSR count). The molecule has 0 saturated heterocycles. The Morgan fingerprint density at radius 1 is 1.21 bits per heavy atom. The summed E-state index contributed by atoms with van der Waals surface area (Å²) in [5.74, 6) is -0.562. The molecule has 1 heterocycles.